The number of carbonyl (C=O) groups is 1. The van der Waals surface area contributed by atoms with E-state index >= 15 is 0 Å². The average Bonchev–Trinajstić information content (AvgIpc) is 2.61. The number of hydrogen-bond donors (Lipinski definition) is 1. The Kier molecular flexibility index (Phi) is 2.55. The van der Waals surface area contributed by atoms with E-state index in [9.17, 15) is 4.79 Å². The highest BCUT2D eigenvalue weighted by Crippen LogP contribution is 2.37. The second kappa shape index (κ2) is 3.26. The molecular weight excluding hydrogens is 162 g/mol. The van der Waals surface area contributed by atoms with E-state index in [2.05, 4.69) is 18.8 Å². The summed E-state index contributed by atoms with van der Waals surface area (Å²) in [6.07, 6.45) is 1.01. The first-order valence-corrected chi connectivity index (χ1v) is 4.10. The van der Waals surface area contributed by atoms with Crippen LogP contribution in [-0.2, 0) is 4.79 Å². The number of rotatable bonds is 3. The third kappa shape index (κ3) is 2.54. The molecule has 0 aliphatic heterocycles. The molecule has 1 saturated carbocycles. The summed E-state index contributed by atoms with van der Waals surface area (Å²) in [5, 5.41) is 3.18. The molecule has 0 aromatic carbocycles. The quantitative estimate of drug-likeness (QED) is 0.689. The van der Waals surface area contributed by atoms with E-state index in [1.807, 2.05) is 0 Å². The van der Waals surface area contributed by atoms with Crippen molar-refractivity contribution in [2.45, 2.75) is 13.3 Å². The van der Waals surface area contributed by atoms with Crippen LogP contribution < -0.4 is 5.32 Å². The van der Waals surface area contributed by atoms with E-state index in [0.29, 0.717) is 17.5 Å². The minimum Gasteiger partial charge on any atom is -0.351 e. The molecule has 1 amide bonds. The molecule has 0 spiro atoms. The van der Waals surface area contributed by atoms with Crippen LogP contribution in [0.2, 0.25) is 0 Å². The van der Waals surface area contributed by atoms with Gasteiger partial charge >= 0.3 is 0 Å². The molecule has 0 heterocycles. The molecule has 0 saturated heterocycles. The third-order valence-corrected chi connectivity index (χ3v) is 2.03. The van der Waals surface area contributed by atoms with Gasteiger partial charge in [0.25, 0.3) is 0 Å². The van der Waals surface area contributed by atoms with Gasteiger partial charge in [0.1, 0.15) is 0 Å². The van der Waals surface area contributed by atoms with Crippen molar-refractivity contribution in [2.24, 2.45) is 11.8 Å². The largest absolute Gasteiger partial charge is 0.351 e. The summed E-state index contributed by atoms with van der Waals surface area (Å²) in [7, 11) is 0. The van der Waals surface area contributed by atoms with Crippen molar-refractivity contribution in [3.05, 3.63) is 11.6 Å². The second-order valence-corrected chi connectivity index (χ2v) is 3.59. The van der Waals surface area contributed by atoms with Gasteiger partial charge in [0.05, 0.1) is 6.54 Å². The summed E-state index contributed by atoms with van der Waals surface area (Å²) in [6, 6.07) is 0. The molecule has 0 radical (unpaired) electrons. The van der Waals surface area contributed by atoms with Crippen molar-refractivity contribution in [1.82, 2.24) is 5.32 Å². The van der Waals surface area contributed by atoms with Crippen LogP contribution in [0.15, 0.2) is 11.6 Å². The lowest BCUT2D eigenvalue weighted by atomic mass is 10.3. The fourth-order valence-electron chi connectivity index (χ4n) is 1.00. The molecule has 1 rings (SSSR count). The maximum absolute atomic E-state index is 11.1. The Labute approximate surface area is 71.6 Å². The van der Waals surface area contributed by atoms with Gasteiger partial charge < -0.3 is 5.32 Å². The van der Waals surface area contributed by atoms with Gasteiger partial charge in [-0.3, -0.25) is 4.79 Å². The van der Waals surface area contributed by atoms with E-state index in [1.54, 1.807) is 0 Å². The SMILES string of the molecule is C=C(Cl)CNC(=O)[C@H]1C[C@@H]1C. The molecule has 62 valence electrons. The number of carbonyl (C=O) groups excluding carboxylic acids is 1. The van der Waals surface area contributed by atoms with E-state index < -0.39 is 0 Å². The first-order chi connectivity index (χ1) is 5.11. The van der Waals surface area contributed by atoms with Crippen LogP contribution in [0.5, 0.6) is 0 Å². The van der Waals surface area contributed by atoms with E-state index in [0.717, 1.165) is 6.42 Å². The first-order valence-electron chi connectivity index (χ1n) is 3.72. The Morgan fingerprint density at radius 2 is 2.36 bits per heavy atom. The van der Waals surface area contributed by atoms with Crippen LogP contribution in [0.4, 0.5) is 0 Å². The molecule has 11 heavy (non-hydrogen) atoms. The van der Waals surface area contributed by atoms with Gasteiger partial charge in [-0.15, -0.1) is 0 Å². The van der Waals surface area contributed by atoms with Crippen LogP contribution in [0.1, 0.15) is 13.3 Å². The number of amides is 1. The van der Waals surface area contributed by atoms with Crippen molar-refractivity contribution in [3.8, 4) is 0 Å². The normalized spacial score (nSPS) is 27.8. The van der Waals surface area contributed by atoms with Crippen LogP contribution in [0.3, 0.4) is 0 Å². The molecule has 1 aliphatic carbocycles. The van der Waals surface area contributed by atoms with Gasteiger partial charge in [0.2, 0.25) is 5.91 Å². The third-order valence-electron chi connectivity index (χ3n) is 1.90. The second-order valence-electron chi connectivity index (χ2n) is 3.05. The lowest BCUT2D eigenvalue weighted by molar-refractivity contribution is -0.122. The molecule has 0 aromatic rings. The van der Waals surface area contributed by atoms with Gasteiger partial charge in [-0.2, -0.15) is 0 Å². The summed E-state index contributed by atoms with van der Waals surface area (Å²) in [6.45, 7) is 5.94. The monoisotopic (exact) mass is 173 g/mol. The van der Waals surface area contributed by atoms with E-state index in [-0.39, 0.29) is 11.8 Å². The Hall–Kier alpha value is -0.500. The van der Waals surface area contributed by atoms with E-state index in [4.69, 9.17) is 11.6 Å². The molecule has 1 fully saturated rings. The Morgan fingerprint density at radius 1 is 1.82 bits per heavy atom. The van der Waals surface area contributed by atoms with Crippen molar-refractivity contribution in [1.29, 1.82) is 0 Å². The topological polar surface area (TPSA) is 29.1 Å². The summed E-state index contributed by atoms with van der Waals surface area (Å²) < 4.78 is 0. The zero-order valence-electron chi connectivity index (χ0n) is 6.56. The highest BCUT2D eigenvalue weighted by molar-refractivity contribution is 6.29. The van der Waals surface area contributed by atoms with Crippen LogP contribution in [0, 0.1) is 11.8 Å². The zero-order valence-corrected chi connectivity index (χ0v) is 7.32. The molecule has 2 atom stereocenters. The van der Waals surface area contributed by atoms with Crippen LogP contribution in [-0.4, -0.2) is 12.5 Å². The highest BCUT2D eigenvalue weighted by atomic mass is 35.5. The molecule has 1 N–H and O–H groups in total. The lowest BCUT2D eigenvalue weighted by Crippen LogP contribution is -2.26. The molecule has 1 aliphatic rings. The predicted molar refractivity (Wildman–Crippen MR) is 45.3 cm³/mol. The Morgan fingerprint density at radius 3 is 2.73 bits per heavy atom. The fraction of sp³-hybridized carbons (Fsp3) is 0.625. The van der Waals surface area contributed by atoms with Crippen molar-refractivity contribution in [3.63, 3.8) is 0 Å². The molecule has 0 unspecified atom stereocenters. The Bertz CT molecular complexity index is 191. The van der Waals surface area contributed by atoms with Crippen molar-refractivity contribution in [2.75, 3.05) is 6.54 Å². The van der Waals surface area contributed by atoms with Gasteiger partial charge in [0.15, 0.2) is 0 Å². The zero-order chi connectivity index (χ0) is 8.43. The van der Waals surface area contributed by atoms with Crippen LogP contribution in [0.25, 0.3) is 0 Å². The van der Waals surface area contributed by atoms with Gasteiger partial charge in [-0.1, -0.05) is 25.1 Å². The lowest BCUT2D eigenvalue weighted by Gasteiger charge is -2.00. The van der Waals surface area contributed by atoms with Gasteiger partial charge in [-0.25, -0.2) is 0 Å². The Balaban J connectivity index is 2.17. The minimum absolute atomic E-state index is 0.110. The predicted octanol–water partition coefficient (Wildman–Crippen LogP) is 1.51. The summed E-state index contributed by atoms with van der Waals surface area (Å²) in [5.74, 6) is 0.893. The molecular formula is C8H12ClNO. The van der Waals surface area contributed by atoms with Crippen LogP contribution >= 0.6 is 11.6 Å². The van der Waals surface area contributed by atoms with Gasteiger partial charge in [-0.05, 0) is 12.3 Å². The minimum atomic E-state index is 0.110. The maximum Gasteiger partial charge on any atom is 0.223 e. The number of hydrogen-bond acceptors (Lipinski definition) is 1. The van der Waals surface area contributed by atoms with Crippen molar-refractivity contribution < 1.29 is 4.79 Å². The summed E-state index contributed by atoms with van der Waals surface area (Å²) >= 11 is 5.47. The summed E-state index contributed by atoms with van der Waals surface area (Å²) in [5.41, 5.74) is 0. The highest BCUT2D eigenvalue weighted by Gasteiger charge is 2.38. The summed E-state index contributed by atoms with van der Waals surface area (Å²) in [4.78, 5) is 11.1. The molecule has 3 heteroatoms. The van der Waals surface area contributed by atoms with Gasteiger partial charge in [0, 0.05) is 11.0 Å². The molecule has 0 aromatic heterocycles. The number of halogens is 1. The standard InChI is InChI=1S/C8H12ClNO/c1-5-3-7(5)8(11)10-4-6(2)9/h5,7H,2-4H2,1H3,(H,10,11)/t5-,7-/m0/s1. The first kappa shape index (κ1) is 8.60. The van der Waals surface area contributed by atoms with E-state index in [1.165, 1.54) is 0 Å². The van der Waals surface area contributed by atoms with Crippen molar-refractivity contribution >= 4 is 17.5 Å². The fourth-order valence-corrected chi connectivity index (χ4v) is 1.07. The smallest absolute Gasteiger partial charge is 0.223 e. The molecule has 0 bridgehead atoms. The average molecular weight is 174 g/mol. The maximum atomic E-state index is 11.1. The number of nitrogens with one attached hydrogen (secondary N) is 1. The molecule has 2 nitrogen and oxygen atoms in total.